The number of nitrogens with zero attached hydrogens (tertiary/aromatic N) is 5. The number of carbonyl (C=O) groups is 2. The van der Waals surface area contributed by atoms with Gasteiger partial charge < -0.3 is 30.4 Å². The molecule has 11 nitrogen and oxygen atoms in total. The van der Waals surface area contributed by atoms with E-state index in [0.29, 0.717) is 37.3 Å². The highest BCUT2D eigenvalue weighted by atomic mass is 19.2. The standard InChI is InChI=1S/C39H49F2N7O4/c1-24-31(21-42-46(3)37(24)51)43-28-20-27(22-45(2)23-28)25-4-6-26(7-5-25)38(52)48-18-14-39(15-19-48)12-16-47(17-13-39)32-10-8-29(34(40)35(32)41)30-9-11-33(49)44-36(30)50/h4-8,10,21,27-28,30,36,43,50H,9,11-20,22-23H2,1-3H3,(H,44,49)/t27-,28+,30?,36?/m0/s1. The first kappa shape index (κ1) is 36.0. The van der Waals surface area contributed by atoms with Crippen LogP contribution in [-0.4, -0.2) is 95.1 Å². The Bertz CT molecular complexity index is 1870. The number of nitrogens with one attached hydrogen (secondary N) is 2. The molecule has 5 heterocycles. The van der Waals surface area contributed by atoms with Crippen LogP contribution in [0, 0.1) is 24.0 Å². The Morgan fingerprint density at radius 1 is 0.962 bits per heavy atom. The summed E-state index contributed by atoms with van der Waals surface area (Å²) >= 11 is 0. The summed E-state index contributed by atoms with van der Waals surface area (Å²) in [7, 11) is 3.75. The van der Waals surface area contributed by atoms with E-state index in [1.165, 1.54) is 16.3 Å². The highest BCUT2D eigenvalue weighted by Gasteiger charge is 2.40. The second-order valence-electron chi connectivity index (χ2n) is 15.5. The maximum Gasteiger partial charge on any atom is 0.271 e. The van der Waals surface area contributed by atoms with Gasteiger partial charge in [-0.15, -0.1) is 0 Å². The number of piperidine rings is 4. The number of benzene rings is 2. The first-order chi connectivity index (χ1) is 24.9. The first-order valence-corrected chi connectivity index (χ1v) is 18.5. The van der Waals surface area contributed by atoms with Gasteiger partial charge in [0.1, 0.15) is 6.23 Å². The topological polar surface area (TPSA) is 123 Å². The van der Waals surface area contributed by atoms with E-state index in [9.17, 15) is 19.5 Å². The van der Waals surface area contributed by atoms with Crippen LogP contribution in [0.15, 0.2) is 47.4 Å². The van der Waals surface area contributed by atoms with Gasteiger partial charge in [0.25, 0.3) is 11.5 Å². The van der Waals surface area contributed by atoms with E-state index in [4.69, 9.17) is 0 Å². The molecule has 7 rings (SSSR count). The molecule has 4 aliphatic rings. The minimum Gasteiger partial charge on any atom is -0.379 e. The summed E-state index contributed by atoms with van der Waals surface area (Å²) in [6.45, 7) is 6.10. The predicted molar refractivity (Wildman–Crippen MR) is 194 cm³/mol. The molecule has 3 aromatic rings. The van der Waals surface area contributed by atoms with Gasteiger partial charge in [-0.2, -0.15) is 5.10 Å². The maximum absolute atomic E-state index is 15.4. The van der Waals surface area contributed by atoms with Crippen molar-refractivity contribution in [3.63, 3.8) is 0 Å². The number of rotatable bonds is 6. The monoisotopic (exact) mass is 717 g/mol. The van der Waals surface area contributed by atoms with Crippen molar-refractivity contribution in [1.29, 1.82) is 0 Å². The van der Waals surface area contributed by atoms with Gasteiger partial charge in [0.05, 0.1) is 17.6 Å². The van der Waals surface area contributed by atoms with Gasteiger partial charge in [0, 0.05) is 75.8 Å². The molecule has 0 saturated carbocycles. The third kappa shape index (κ3) is 7.17. The molecule has 0 aliphatic carbocycles. The summed E-state index contributed by atoms with van der Waals surface area (Å²) < 4.78 is 32.0. The van der Waals surface area contributed by atoms with E-state index in [0.717, 1.165) is 50.9 Å². The molecule has 0 bridgehead atoms. The number of aliphatic hydroxyl groups is 1. The number of likely N-dealkylation sites (tertiary alicyclic amines) is 2. The normalized spacial score (nSPS) is 25.2. The number of aromatic nitrogens is 2. The van der Waals surface area contributed by atoms with E-state index in [1.807, 2.05) is 28.9 Å². The van der Waals surface area contributed by atoms with Crippen molar-refractivity contribution in [2.45, 2.75) is 76.0 Å². The molecule has 52 heavy (non-hydrogen) atoms. The summed E-state index contributed by atoms with van der Waals surface area (Å²) in [6, 6.07) is 11.3. The van der Waals surface area contributed by atoms with Crippen LogP contribution >= 0.6 is 0 Å². The zero-order chi connectivity index (χ0) is 36.7. The molecule has 2 amide bonds. The number of halogens is 2. The summed E-state index contributed by atoms with van der Waals surface area (Å²) in [5.41, 5.74) is 3.56. The van der Waals surface area contributed by atoms with Crippen LogP contribution in [0.1, 0.15) is 83.8 Å². The van der Waals surface area contributed by atoms with Gasteiger partial charge in [0.2, 0.25) is 5.91 Å². The Balaban J connectivity index is 0.921. The summed E-state index contributed by atoms with van der Waals surface area (Å²) in [5, 5.41) is 20.4. The number of aliphatic hydroxyl groups excluding tert-OH is 1. The number of likely N-dealkylation sites (N-methyl/N-ethyl adjacent to an activating group) is 1. The van der Waals surface area contributed by atoms with Gasteiger partial charge in [-0.3, -0.25) is 14.4 Å². The molecule has 2 aromatic carbocycles. The SMILES string of the molecule is Cc1c(N[C@@H]2C[C@H](c3ccc(C(=O)N4CCC5(CC4)CCN(c4ccc(C6CCC(=O)NC6O)c(F)c4F)CC5)cc3)CN(C)C2)cnn(C)c1=O. The van der Waals surface area contributed by atoms with Gasteiger partial charge in [-0.05, 0) is 93.2 Å². The maximum atomic E-state index is 15.4. The highest BCUT2D eigenvalue weighted by molar-refractivity contribution is 5.94. The fourth-order valence-corrected chi connectivity index (χ4v) is 8.86. The lowest BCUT2D eigenvalue weighted by Crippen LogP contribution is -2.48. The Morgan fingerprint density at radius 3 is 2.35 bits per heavy atom. The Hall–Kier alpha value is -4.36. The second-order valence-corrected chi connectivity index (χ2v) is 15.5. The van der Waals surface area contributed by atoms with Crippen LogP contribution in [0.5, 0.6) is 0 Å². The molecule has 4 atom stereocenters. The summed E-state index contributed by atoms with van der Waals surface area (Å²) in [4.78, 5) is 43.7. The quantitative estimate of drug-likeness (QED) is 0.349. The fraction of sp³-hybridized carbons (Fsp3) is 0.538. The van der Waals surface area contributed by atoms with Crippen LogP contribution in [0.25, 0.3) is 0 Å². The van der Waals surface area contributed by atoms with E-state index < -0.39 is 23.8 Å². The van der Waals surface area contributed by atoms with Crippen LogP contribution in [-0.2, 0) is 11.8 Å². The van der Waals surface area contributed by atoms with Gasteiger partial charge >= 0.3 is 0 Å². The van der Waals surface area contributed by atoms with Crippen molar-refractivity contribution in [3.8, 4) is 0 Å². The first-order valence-electron chi connectivity index (χ1n) is 18.5. The lowest BCUT2D eigenvalue weighted by Gasteiger charge is -2.47. The molecule has 4 saturated heterocycles. The molecule has 1 aromatic heterocycles. The van der Waals surface area contributed by atoms with Crippen LogP contribution < -0.4 is 21.1 Å². The number of aryl methyl sites for hydroxylation is 1. The number of hydrogen-bond acceptors (Lipinski definition) is 8. The third-order valence-electron chi connectivity index (χ3n) is 12.1. The predicted octanol–water partition coefficient (Wildman–Crippen LogP) is 4.10. The molecular formula is C39H49F2N7O4. The number of anilines is 2. The lowest BCUT2D eigenvalue weighted by atomic mass is 9.71. The van der Waals surface area contributed by atoms with E-state index in [-0.39, 0.29) is 58.8 Å². The van der Waals surface area contributed by atoms with Crippen molar-refractivity contribution in [3.05, 3.63) is 86.8 Å². The molecule has 4 fully saturated rings. The molecule has 2 unspecified atom stereocenters. The number of carbonyl (C=O) groups excluding carboxylic acids is 2. The minimum atomic E-state index is -1.24. The fourth-order valence-electron chi connectivity index (χ4n) is 8.86. The van der Waals surface area contributed by atoms with Crippen LogP contribution in [0.2, 0.25) is 0 Å². The van der Waals surface area contributed by atoms with Crippen molar-refractivity contribution < 1.29 is 23.5 Å². The van der Waals surface area contributed by atoms with Gasteiger partial charge in [-0.25, -0.2) is 13.5 Å². The van der Waals surface area contributed by atoms with E-state index >= 15 is 8.78 Å². The van der Waals surface area contributed by atoms with E-state index in [1.54, 1.807) is 19.3 Å². The Labute approximate surface area is 303 Å². The van der Waals surface area contributed by atoms with Crippen molar-refractivity contribution in [2.24, 2.45) is 12.5 Å². The minimum absolute atomic E-state index is 0.0352. The average Bonchev–Trinajstić information content (AvgIpc) is 3.14. The van der Waals surface area contributed by atoms with Crippen LogP contribution in [0.4, 0.5) is 20.2 Å². The smallest absolute Gasteiger partial charge is 0.271 e. The molecule has 13 heteroatoms. The molecule has 4 aliphatic heterocycles. The average molecular weight is 718 g/mol. The molecule has 1 spiro atoms. The zero-order valence-electron chi connectivity index (χ0n) is 30.2. The molecule has 0 radical (unpaired) electrons. The van der Waals surface area contributed by atoms with Crippen molar-refractivity contribution in [2.75, 3.05) is 56.5 Å². The third-order valence-corrected chi connectivity index (χ3v) is 12.1. The Kier molecular flexibility index (Phi) is 10.1. The molecule has 278 valence electrons. The Morgan fingerprint density at radius 2 is 1.65 bits per heavy atom. The largest absolute Gasteiger partial charge is 0.379 e. The molecular weight excluding hydrogens is 668 g/mol. The number of hydrogen-bond donors (Lipinski definition) is 3. The summed E-state index contributed by atoms with van der Waals surface area (Å²) in [6.07, 6.45) is 5.21. The second kappa shape index (κ2) is 14.6. The van der Waals surface area contributed by atoms with E-state index in [2.05, 4.69) is 39.8 Å². The van der Waals surface area contributed by atoms with Crippen molar-refractivity contribution >= 4 is 23.2 Å². The highest BCUT2D eigenvalue weighted by Crippen LogP contribution is 2.43. The van der Waals surface area contributed by atoms with Gasteiger partial charge in [0.15, 0.2) is 11.6 Å². The van der Waals surface area contributed by atoms with Crippen molar-refractivity contribution in [1.82, 2.24) is 24.9 Å². The van der Waals surface area contributed by atoms with Gasteiger partial charge in [-0.1, -0.05) is 18.2 Å². The lowest BCUT2D eigenvalue weighted by molar-refractivity contribution is -0.127. The number of amides is 2. The molecule has 3 N–H and O–H groups in total. The zero-order valence-corrected chi connectivity index (χ0v) is 30.2. The van der Waals surface area contributed by atoms with Crippen LogP contribution in [0.3, 0.4) is 0 Å². The summed E-state index contributed by atoms with van der Waals surface area (Å²) in [5.74, 6) is -2.55.